The van der Waals surface area contributed by atoms with Gasteiger partial charge in [-0.15, -0.1) is 0 Å². The van der Waals surface area contributed by atoms with E-state index in [4.69, 9.17) is 23.0 Å². The lowest BCUT2D eigenvalue weighted by Gasteiger charge is -2.34. The van der Waals surface area contributed by atoms with Crippen LogP contribution in [0.1, 0.15) is 34.1 Å². The molecule has 32 heavy (non-hydrogen) atoms. The topological polar surface area (TPSA) is 71.0 Å². The van der Waals surface area contributed by atoms with Crippen LogP contribution in [0.25, 0.3) is 21.9 Å². The molecule has 6 nitrogen and oxygen atoms in total. The molecule has 1 saturated heterocycles. The van der Waals surface area contributed by atoms with Crippen LogP contribution in [-0.4, -0.2) is 26.8 Å². The number of cyclic esters (lactones) is 1. The number of methoxy groups -OCH3 is 2. The van der Waals surface area contributed by atoms with Gasteiger partial charge in [0.05, 0.1) is 26.7 Å². The molecule has 2 aromatic carbocycles. The lowest BCUT2D eigenvalue weighted by molar-refractivity contribution is -0.141. The Morgan fingerprint density at radius 2 is 1.62 bits per heavy atom. The standard InChI is InChI=1S/C26H24O6/c1-12-5-16-7-14(9-20(28-3)24(16)31-12)23-19-11-30-26(27)17(19)8-15-10-21(29-4)25-18(22(15)23)6-13(2)32-25/h5-7,9-10,17,19,23H,8,11H2,1-4H3/t17-,19+,23?/m1/s1. The first kappa shape index (κ1) is 19.3. The third-order valence-corrected chi connectivity index (χ3v) is 6.96. The van der Waals surface area contributed by atoms with Gasteiger partial charge in [-0.1, -0.05) is 0 Å². The zero-order chi connectivity index (χ0) is 22.1. The zero-order valence-electron chi connectivity index (χ0n) is 18.5. The predicted octanol–water partition coefficient (Wildman–Crippen LogP) is 5.29. The second kappa shape index (κ2) is 6.79. The molecule has 0 saturated carbocycles. The summed E-state index contributed by atoms with van der Waals surface area (Å²) < 4.78 is 28.8. The van der Waals surface area contributed by atoms with E-state index < -0.39 is 0 Å². The van der Waals surface area contributed by atoms with E-state index in [1.807, 2.05) is 32.0 Å². The molecule has 6 heteroatoms. The molecule has 1 aliphatic carbocycles. The number of carbonyl (C=O) groups is 1. The van der Waals surface area contributed by atoms with Crippen LogP contribution >= 0.6 is 0 Å². The highest BCUT2D eigenvalue weighted by Crippen LogP contribution is 2.52. The van der Waals surface area contributed by atoms with Crippen molar-refractivity contribution in [2.45, 2.75) is 26.2 Å². The van der Waals surface area contributed by atoms with Crippen LogP contribution in [0.3, 0.4) is 0 Å². The minimum atomic E-state index is -0.185. The van der Waals surface area contributed by atoms with Gasteiger partial charge in [0.25, 0.3) is 0 Å². The minimum absolute atomic E-state index is 0.0388. The Labute approximate surface area is 185 Å². The van der Waals surface area contributed by atoms with Gasteiger partial charge in [-0.2, -0.15) is 0 Å². The van der Waals surface area contributed by atoms with Gasteiger partial charge < -0.3 is 23.0 Å². The van der Waals surface area contributed by atoms with Gasteiger partial charge in [0.15, 0.2) is 22.7 Å². The number of furan rings is 2. The molecule has 1 unspecified atom stereocenters. The normalized spacial score (nSPS) is 22.1. The predicted molar refractivity (Wildman–Crippen MR) is 118 cm³/mol. The molecular formula is C26H24O6. The fourth-order valence-corrected chi connectivity index (χ4v) is 5.67. The van der Waals surface area contributed by atoms with Crippen molar-refractivity contribution in [3.8, 4) is 11.5 Å². The van der Waals surface area contributed by atoms with Crippen LogP contribution < -0.4 is 9.47 Å². The Morgan fingerprint density at radius 1 is 0.906 bits per heavy atom. The number of hydrogen-bond donors (Lipinski definition) is 0. The van der Waals surface area contributed by atoms with Crippen molar-refractivity contribution in [1.29, 1.82) is 0 Å². The smallest absolute Gasteiger partial charge is 0.309 e. The molecule has 0 spiro atoms. The Kier molecular flexibility index (Phi) is 4.09. The van der Waals surface area contributed by atoms with E-state index in [1.54, 1.807) is 14.2 Å². The molecule has 0 bridgehead atoms. The molecule has 0 N–H and O–H groups in total. The SMILES string of the molecule is COc1cc(C2c3c(cc(OC)c4oc(C)cc34)C[C@H]3C(=O)OC[C@H]23)cc2cc(C)oc12. The van der Waals surface area contributed by atoms with Gasteiger partial charge >= 0.3 is 5.97 Å². The van der Waals surface area contributed by atoms with E-state index in [1.165, 1.54) is 5.56 Å². The molecule has 3 atom stereocenters. The lowest BCUT2D eigenvalue weighted by atomic mass is 9.66. The maximum atomic E-state index is 12.6. The van der Waals surface area contributed by atoms with Gasteiger partial charge in [-0.3, -0.25) is 4.79 Å². The first-order valence-electron chi connectivity index (χ1n) is 10.8. The van der Waals surface area contributed by atoms with Crippen molar-refractivity contribution < 1.29 is 27.8 Å². The average Bonchev–Trinajstić information content (AvgIpc) is 3.46. The summed E-state index contributed by atoms with van der Waals surface area (Å²) in [6.45, 7) is 4.28. The fraction of sp³-hybridized carbons (Fsp3) is 0.346. The number of fused-ring (bicyclic) bond motifs is 5. The third kappa shape index (κ3) is 2.62. The van der Waals surface area contributed by atoms with E-state index in [0.29, 0.717) is 24.5 Å². The largest absolute Gasteiger partial charge is 0.493 e. The van der Waals surface area contributed by atoms with E-state index >= 15 is 0 Å². The van der Waals surface area contributed by atoms with Gasteiger partial charge in [0.1, 0.15) is 11.5 Å². The second-order valence-electron chi connectivity index (χ2n) is 8.83. The first-order chi connectivity index (χ1) is 15.5. The molecule has 2 aliphatic rings. The number of ether oxygens (including phenoxy) is 3. The van der Waals surface area contributed by atoms with Crippen LogP contribution in [0.5, 0.6) is 11.5 Å². The minimum Gasteiger partial charge on any atom is -0.493 e. The second-order valence-corrected chi connectivity index (χ2v) is 8.83. The fourth-order valence-electron chi connectivity index (χ4n) is 5.67. The maximum Gasteiger partial charge on any atom is 0.309 e. The monoisotopic (exact) mass is 432 g/mol. The van der Waals surface area contributed by atoms with Crippen LogP contribution in [0, 0.1) is 25.7 Å². The lowest BCUT2D eigenvalue weighted by Crippen LogP contribution is -2.31. The molecule has 164 valence electrons. The molecule has 3 heterocycles. The summed E-state index contributed by atoms with van der Waals surface area (Å²) >= 11 is 0. The number of esters is 1. The number of aryl methyl sites for hydroxylation is 2. The highest BCUT2D eigenvalue weighted by atomic mass is 16.5. The summed E-state index contributed by atoms with van der Waals surface area (Å²) in [5.41, 5.74) is 4.83. The highest BCUT2D eigenvalue weighted by molar-refractivity contribution is 5.91. The quantitative estimate of drug-likeness (QED) is 0.410. The number of benzene rings is 2. The Hall–Kier alpha value is -3.41. The molecule has 0 radical (unpaired) electrons. The van der Waals surface area contributed by atoms with Gasteiger partial charge in [-0.05, 0) is 67.3 Å². The van der Waals surface area contributed by atoms with E-state index in [9.17, 15) is 4.79 Å². The summed E-state index contributed by atoms with van der Waals surface area (Å²) in [4.78, 5) is 12.6. The molecule has 1 aliphatic heterocycles. The van der Waals surface area contributed by atoms with Gasteiger partial charge in [0, 0.05) is 22.6 Å². The molecule has 2 aromatic heterocycles. The van der Waals surface area contributed by atoms with Crippen LogP contribution in [0.2, 0.25) is 0 Å². The van der Waals surface area contributed by atoms with Crippen molar-refractivity contribution in [1.82, 2.24) is 0 Å². The van der Waals surface area contributed by atoms with Crippen molar-refractivity contribution in [2.75, 3.05) is 20.8 Å². The molecule has 1 fully saturated rings. The number of hydrogen-bond acceptors (Lipinski definition) is 6. The van der Waals surface area contributed by atoms with Crippen LogP contribution in [0.4, 0.5) is 0 Å². The van der Waals surface area contributed by atoms with Gasteiger partial charge in [-0.25, -0.2) is 0 Å². The van der Waals surface area contributed by atoms with Crippen LogP contribution in [-0.2, 0) is 16.0 Å². The van der Waals surface area contributed by atoms with E-state index in [-0.39, 0.29) is 23.7 Å². The van der Waals surface area contributed by atoms with E-state index in [0.717, 1.165) is 44.6 Å². The summed E-state index contributed by atoms with van der Waals surface area (Å²) in [6, 6.07) is 10.3. The average molecular weight is 432 g/mol. The molecule has 0 amide bonds. The number of carbonyl (C=O) groups excluding carboxylic acids is 1. The van der Waals surface area contributed by atoms with Crippen molar-refractivity contribution in [3.63, 3.8) is 0 Å². The highest BCUT2D eigenvalue weighted by Gasteiger charge is 2.48. The zero-order valence-corrected chi connectivity index (χ0v) is 18.5. The summed E-state index contributed by atoms with van der Waals surface area (Å²) in [7, 11) is 3.30. The van der Waals surface area contributed by atoms with Gasteiger partial charge in [0.2, 0.25) is 0 Å². The van der Waals surface area contributed by atoms with Crippen molar-refractivity contribution >= 4 is 27.9 Å². The van der Waals surface area contributed by atoms with E-state index in [2.05, 4.69) is 12.1 Å². The van der Waals surface area contributed by atoms with Crippen LogP contribution in [0.15, 0.2) is 39.2 Å². The van der Waals surface area contributed by atoms with Crippen molar-refractivity contribution in [2.24, 2.45) is 11.8 Å². The Morgan fingerprint density at radius 3 is 2.41 bits per heavy atom. The molecule has 4 aromatic rings. The molecule has 6 rings (SSSR count). The Bertz CT molecular complexity index is 1390. The first-order valence-corrected chi connectivity index (χ1v) is 10.8. The summed E-state index contributed by atoms with van der Waals surface area (Å²) in [6.07, 6.45) is 0.635. The van der Waals surface area contributed by atoms with Crippen molar-refractivity contribution in [3.05, 3.63) is 58.5 Å². The number of rotatable bonds is 3. The molecular weight excluding hydrogens is 408 g/mol. The summed E-state index contributed by atoms with van der Waals surface area (Å²) in [5.74, 6) is 2.71. The Balaban J connectivity index is 1.66. The maximum absolute atomic E-state index is 12.6. The summed E-state index contributed by atoms with van der Waals surface area (Å²) in [5, 5.41) is 2.01. The third-order valence-electron chi connectivity index (χ3n) is 6.96.